The zero-order valence-corrected chi connectivity index (χ0v) is 27.5. The van der Waals surface area contributed by atoms with E-state index >= 15 is 0 Å². The Kier molecular flexibility index (Phi) is 10.1. The number of thiophene rings is 1. The maximum atomic E-state index is 13.5. The van der Waals surface area contributed by atoms with E-state index in [0.717, 1.165) is 53.0 Å². The molecule has 0 spiro atoms. The van der Waals surface area contributed by atoms with E-state index in [2.05, 4.69) is 19.0 Å². The van der Waals surface area contributed by atoms with Crippen LogP contribution < -0.4 is 0 Å². The van der Waals surface area contributed by atoms with Crippen molar-refractivity contribution in [2.24, 2.45) is 5.16 Å². The minimum atomic E-state index is -3.68. The highest BCUT2D eigenvalue weighted by Crippen LogP contribution is 2.54. The molecule has 44 heavy (non-hydrogen) atoms. The molecule has 0 saturated heterocycles. The molecular formula is C33H38N2O7S2. The Hall–Kier alpha value is -3.83. The quantitative estimate of drug-likeness (QED) is 0.128. The molecule has 0 aliphatic heterocycles. The third-order valence-electron chi connectivity index (χ3n) is 7.80. The number of hydrogen-bond acceptors (Lipinski definition) is 9. The summed E-state index contributed by atoms with van der Waals surface area (Å²) in [7, 11) is -3.68. The fourth-order valence-corrected chi connectivity index (χ4v) is 8.58. The van der Waals surface area contributed by atoms with Crippen LogP contribution in [-0.2, 0) is 39.3 Å². The molecule has 1 aliphatic carbocycles. The molecule has 0 bridgehead atoms. The van der Waals surface area contributed by atoms with Crippen LogP contribution in [0.15, 0.2) is 68.2 Å². The Bertz CT molecular complexity index is 1690. The zero-order chi connectivity index (χ0) is 32.2. The Balaban J connectivity index is 1.85. The number of oxime groups is 1. The van der Waals surface area contributed by atoms with Crippen molar-refractivity contribution in [1.29, 1.82) is 0 Å². The number of hydroxylamine groups is 2. The van der Waals surface area contributed by atoms with Crippen LogP contribution in [0, 0.1) is 0 Å². The number of benzene rings is 2. The highest BCUT2D eigenvalue weighted by atomic mass is 32.2. The van der Waals surface area contributed by atoms with Gasteiger partial charge in [0.15, 0.2) is 0 Å². The first-order valence-corrected chi connectivity index (χ1v) is 17.0. The monoisotopic (exact) mass is 638 g/mol. The molecule has 9 nitrogen and oxygen atoms in total. The predicted molar refractivity (Wildman–Crippen MR) is 169 cm³/mol. The molecule has 1 heterocycles. The van der Waals surface area contributed by atoms with E-state index in [4.69, 9.17) is 9.68 Å². The number of sulfone groups is 1. The minimum Gasteiger partial charge on any atom is -0.338 e. The van der Waals surface area contributed by atoms with Gasteiger partial charge in [-0.2, -0.15) is 5.06 Å². The van der Waals surface area contributed by atoms with E-state index in [-0.39, 0.29) is 11.3 Å². The van der Waals surface area contributed by atoms with Gasteiger partial charge in [0.25, 0.3) is 5.91 Å². The molecule has 1 aromatic heterocycles. The standard InChI is InChI=1S/C33H38N2O7S2/c1-7-15-33(16-8-2)29-19-25(31(34-41-23(5)37)18-21(3)35(22(4)36)42-24(6)38)11-13-27(29)28-14-12-26(20-30(28)33)44(39,40)32-10-9-17-43-32/h9-14,17,19-21H,7-8,15-16,18H2,1-6H3. The van der Waals surface area contributed by atoms with Crippen molar-refractivity contribution in [1.82, 2.24) is 5.06 Å². The van der Waals surface area contributed by atoms with Crippen molar-refractivity contribution in [2.45, 2.75) is 94.2 Å². The Morgan fingerprint density at radius 2 is 1.57 bits per heavy atom. The molecule has 1 atom stereocenters. The molecular weight excluding hydrogens is 601 g/mol. The number of rotatable bonds is 11. The summed E-state index contributed by atoms with van der Waals surface area (Å²) in [6.45, 7) is 9.71. The first kappa shape index (κ1) is 33.1. The summed E-state index contributed by atoms with van der Waals surface area (Å²) >= 11 is 1.20. The van der Waals surface area contributed by atoms with E-state index in [1.807, 2.05) is 30.3 Å². The van der Waals surface area contributed by atoms with E-state index in [1.54, 1.807) is 30.5 Å². The second kappa shape index (κ2) is 13.4. The summed E-state index contributed by atoms with van der Waals surface area (Å²) in [5, 5.41) is 6.90. The summed E-state index contributed by atoms with van der Waals surface area (Å²) in [6.07, 6.45) is 3.46. The second-order valence-corrected chi connectivity index (χ2v) is 14.2. The molecule has 0 saturated carbocycles. The van der Waals surface area contributed by atoms with Gasteiger partial charge in [0.05, 0.1) is 16.6 Å². The second-order valence-electron chi connectivity index (χ2n) is 11.1. The maximum absolute atomic E-state index is 13.5. The molecule has 4 rings (SSSR count). The lowest BCUT2D eigenvalue weighted by Crippen LogP contribution is -2.39. The lowest BCUT2D eigenvalue weighted by atomic mass is 9.71. The molecule has 0 radical (unpaired) electrons. The van der Waals surface area contributed by atoms with Crippen LogP contribution in [-0.4, -0.2) is 43.1 Å². The average Bonchev–Trinajstić information content (AvgIpc) is 3.60. The number of carbonyl (C=O) groups excluding carboxylic acids is 3. The first-order chi connectivity index (χ1) is 20.8. The van der Waals surface area contributed by atoms with Crippen molar-refractivity contribution in [3.63, 3.8) is 0 Å². The lowest BCUT2D eigenvalue weighted by Gasteiger charge is -2.32. The van der Waals surface area contributed by atoms with Gasteiger partial charge in [0.2, 0.25) is 9.84 Å². The number of carbonyl (C=O) groups is 3. The molecule has 3 aromatic rings. The number of hydrogen-bond donors (Lipinski definition) is 0. The van der Waals surface area contributed by atoms with Gasteiger partial charge in [-0.25, -0.2) is 13.2 Å². The van der Waals surface area contributed by atoms with Crippen LogP contribution in [0.2, 0.25) is 0 Å². The van der Waals surface area contributed by atoms with Crippen LogP contribution >= 0.6 is 11.3 Å². The SMILES string of the molecule is CCCC1(CCC)c2cc(C(CC(C)N(OC(C)=O)C(C)=O)=NOC(C)=O)ccc2-c2ccc(S(=O)(=O)c3cccs3)cc21. The van der Waals surface area contributed by atoms with Gasteiger partial charge in [-0.15, -0.1) is 11.3 Å². The van der Waals surface area contributed by atoms with Crippen molar-refractivity contribution in [3.05, 3.63) is 70.6 Å². The molecule has 0 fully saturated rings. The first-order valence-electron chi connectivity index (χ1n) is 14.7. The molecule has 11 heteroatoms. The molecule has 1 unspecified atom stereocenters. The number of fused-ring (bicyclic) bond motifs is 3. The smallest absolute Gasteiger partial charge is 0.331 e. The summed E-state index contributed by atoms with van der Waals surface area (Å²) in [6, 6.07) is 14.1. The molecule has 0 N–H and O–H groups in total. The topological polar surface area (TPSA) is 119 Å². The van der Waals surface area contributed by atoms with E-state index in [9.17, 15) is 22.8 Å². The highest BCUT2D eigenvalue weighted by molar-refractivity contribution is 7.93. The molecule has 1 amide bonds. The van der Waals surface area contributed by atoms with Crippen molar-refractivity contribution < 1.29 is 32.5 Å². The van der Waals surface area contributed by atoms with Crippen LogP contribution in [0.5, 0.6) is 0 Å². The minimum absolute atomic E-state index is 0.129. The molecule has 234 valence electrons. The average molecular weight is 639 g/mol. The summed E-state index contributed by atoms with van der Waals surface area (Å²) in [4.78, 5) is 46.2. The van der Waals surface area contributed by atoms with Gasteiger partial charge in [-0.1, -0.05) is 56.1 Å². The molecule has 2 aromatic carbocycles. The number of amides is 1. The summed E-state index contributed by atoms with van der Waals surface area (Å²) in [5.41, 5.74) is 4.65. The fraction of sp³-hybridized carbons (Fsp3) is 0.394. The summed E-state index contributed by atoms with van der Waals surface area (Å²) in [5.74, 6) is -1.69. The van der Waals surface area contributed by atoms with E-state index in [0.29, 0.717) is 15.5 Å². The third-order valence-corrected chi connectivity index (χ3v) is 10.9. The lowest BCUT2D eigenvalue weighted by molar-refractivity contribution is -0.202. The molecule has 1 aliphatic rings. The predicted octanol–water partition coefficient (Wildman–Crippen LogP) is 6.82. The van der Waals surface area contributed by atoms with E-state index in [1.165, 1.54) is 32.1 Å². The van der Waals surface area contributed by atoms with Crippen molar-refractivity contribution in [2.75, 3.05) is 0 Å². The zero-order valence-electron chi connectivity index (χ0n) is 25.9. The Morgan fingerprint density at radius 3 is 2.11 bits per heavy atom. The summed E-state index contributed by atoms with van der Waals surface area (Å²) < 4.78 is 27.4. The fourth-order valence-electron chi connectivity index (χ4n) is 6.16. The van der Waals surface area contributed by atoms with Crippen LogP contribution in [0.25, 0.3) is 11.1 Å². The van der Waals surface area contributed by atoms with Crippen LogP contribution in [0.1, 0.15) is 90.3 Å². The van der Waals surface area contributed by atoms with Crippen LogP contribution in [0.3, 0.4) is 0 Å². The van der Waals surface area contributed by atoms with Gasteiger partial charge in [0, 0.05) is 32.6 Å². The van der Waals surface area contributed by atoms with Gasteiger partial charge >= 0.3 is 11.9 Å². The maximum Gasteiger partial charge on any atom is 0.331 e. The largest absolute Gasteiger partial charge is 0.338 e. The number of nitrogens with zero attached hydrogens (tertiary/aromatic N) is 2. The third kappa shape index (κ3) is 6.49. The highest BCUT2D eigenvalue weighted by Gasteiger charge is 2.43. The van der Waals surface area contributed by atoms with Crippen molar-refractivity contribution in [3.8, 4) is 11.1 Å². The van der Waals surface area contributed by atoms with E-state index < -0.39 is 39.1 Å². The van der Waals surface area contributed by atoms with Gasteiger partial charge in [-0.05, 0) is 77.2 Å². The van der Waals surface area contributed by atoms with Gasteiger partial charge < -0.3 is 9.68 Å². The normalized spacial score (nSPS) is 14.4. The Morgan fingerprint density at radius 1 is 0.932 bits per heavy atom. The van der Waals surface area contributed by atoms with Crippen molar-refractivity contribution >= 4 is 44.7 Å². The Labute approximate surface area is 262 Å². The van der Waals surface area contributed by atoms with Gasteiger partial charge in [0.1, 0.15) is 4.21 Å². The van der Waals surface area contributed by atoms with Crippen LogP contribution in [0.4, 0.5) is 0 Å². The van der Waals surface area contributed by atoms with Gasteiger partial charge in [-0.3, -0.25) is 9.59 Å².